The van der Waals surface area contributed by atoms with Crippen LogP contribution in [0.5, 0.6) is 0 Å². The molecule has 1 aromatic heterocycles. The fourth-order valence-corrected chi connectivity index (χ4v) is 0.735. The van der Waals surface area contributed by atoms with Crippen molar-refractivity contribution < 1.29 is 5.11 Å². The fraction of sp³-hybridized carbons (Fsp3) is 0.333. The molecule has 0 unspecified atom stereocenters. The van der Waals surface area contributed by atoms with E-state index in [0.717, 1.165) is 4.68 Å². The zero-order valence-corrected chi connectivity index (χ0v) is 6.28. The van der Waals surface area contributed by atoms with Crippen LogP contribution in [-0.4, -0.2) is 27.9 Å². The molecule has 6 heteroatoms. The minimum absolute atomic E-state index is 0.138. The largest absolute Gasteiger partial charge is 0.394 e. The minimum atomic E-state index is -0.545. The van der Waals surface area contributed by atoms with E-state index in [1.165, 1.54) is 12.3 Å². The van der Waals surface area contributed by atoms with Gasteiger partial charge in [-0.05, 0) is 0 Å². The van der Waals surface area contributed by atoms with E-state index in [1.54, 1.807) is 0 Å². The average molecular weight is 171 g/mol. The van der Waals surface area contributed by atoms with E-state index in [9.17, 15) is 9.59 Å². The summed E-state index contributed by atoms with van der Waals surface area (Å²) in [6, 6.07) is 1.21. The first-order valence-electron chi connectivity index (χ1n) is 3.41. The Kier molecular flexibility index (Phi) is 2.65. The molecule has 6 nitrogen and oxygen atoms in total. The van der Waals surface area contributed by atoms with Crippen molar-refractivity contribution in [1.82, 2.24) is 9.66 Å². The summed E-state index contributed by atoms with van der Waals surface area (Å²) in [4.78, 5) is 24.2. The third kappa shape index (κ3) is 1.73. The van der Waals surface area contributed by atoms with Crippen LogP contribution in [0.2, 0.25) is 0 Å². The van der Waals surface area contributed by atoms with Crippen LogP contribution < -0.4 is 16.7 Å². The van der Waals surface area contributed by atoms with E-state index in [2.05, 4.69) is 10.4 Å². The summed E-state index contributed by atoms with van der Waals surface area (Å²) in [7, 11) is 0. The first-order valence-corrected chi connectivity index (χ1v) is 3.41. The van der Waals surface area contributed by atoms with Gasteiger partial charge in [-0.1, -0.05) is 0 Å². The number of aromatic amines is 1. The minimum Gasteiger partial charge on any atom is -0.394 e. The van der Waals surface area contributed by atoms with Gasteiger partial charge in [0, 0.05) is 12.3 Å². The maximum absolute atomic E-state index is 10.9. The summed E-state index contributed by atoms with van der Waals surface area (Å²) in [5, 5.41) is 8.42. The van der Waals surface area contributed by atoms with E-state index in [1.807, 2.05) is 0 Å². The molecule has 0 aromatic carbocycles. The molecule has 0 atom stereocenters. The lowest BCUT2D eigenvalue weighted by atomic mass is 10.6. The lowest BCUT2D eigenvalue weighted by molar-refractivity contribution is 0.306. The van der Waals surface area contributed by atoms with Gasteiger partial charge in [0.1, 0.15) is 0 Å². The highest BCUT2D eigenvalue weighted by molar-refractivity contribution is 4.85. The zero-order valence-electron chi connectivity index (χ0n) is 6.28. The molecule has 0 saturated carbocycles. The van der Waals surface area contributed by atoms with Gasteiger partial charge >= 0.3 is 5.69 Å². The van der Waals surface area contributed by atoms with E-state index < -0.39 is 11.2 Å². The molecule has 0 radical (unpaired) electrons. The number of hydrogen-bond donors (Lipinski definition) is 3. The number of rotatable bonds is 3. The van der Waals surface area contributed by atoms with Gasteiger partial charge in [0.05, 0.1) is 13.2 Å². The van der Waals surface area contributed by atoms with E-state index in [4.69, 9.17) is 5.11 Å². The normalized spacial score (nSPS) is 9.75. The number of hydrogen-bond acceptors (Lipinski definition) is 4. The summed E-state index contributed by atoms with van der Waals surface area (Å²) in [5.41, 5.74) is 1.44. The smallest absolute Gasteiger partial charge is 0.347 e. The molecule has 3 N–H and O–H groups in total. The summed E-state index contributed by atoms with van der Waals surface area (Å²) in [6.07, 6.45) is 1.27. The van der Waals surface area contributed by atoms with E-state index in [0.29, 0.717) is 0 Å². The monoisotopic (exact) mass is 171 g/mol. The summed E-state index contributed by atoms with van der Waals surface area (Å²) >= 11 is 0. The van der Waals surface area contributed by atoms with Crippen LogP contribution in [0.25, 0.3) is 0 Å². The number of H-pyrrole nitrogens is 1. The van der Waals surface area contributed by atoms with Crippen molar-refractivity contribution in [2.75, 3.05) is 18.6 Å². The van der Waals surface area contributed by atoms with Crippen LogP contribution in [0.1, 0.15) is 0 Å². The molecule has 0 amide bonds. The summed E-state index contributed by atoms with van der Waals surface area (Å²) in [6.45, 7) is 0.0216. The molecule has 0 aliphatic carbocycles. The average Bonchev–Trinajstić information content (AvgIpc) is 2.04. The molecular formula is C6H9N3O3. The maximum atomic E-state index is 10.9. The Hall–Kier alpha value is -1.56. The number of aromatic nitrogens is 2. The van der Waals surface area contributed by atoms with Gasteiger partial charge in [-0.3, -0.25) is 4.79 Å². The van der Waals surface area contributed by atoms with Crippen LogP contribution in [0.4, 0.5) is 0 Å². The Morgan fingerprint density at radius 2 is 2.33 bits per heavy atom. The molecule has 1 aromatic rings. The van der Waals surface area contributed by atoms with E-state index in [-0.39, 0.29) is 13.2 Å². The number of aliphatic hydroxyl groups excluding tert-OH is 1. The van der Waals surface area contributed by atoms with Gasteiger partial charge in [-0.15, -0.1) is 0 Å². The lowest BCUT2D eigenvalue weighted by Crippen LogP contribution is -2.41. The Morgan fingerprint density at radius 3 is 2.92 bits per heavy atom. The number of nitrogens with zero attached hydrogens (tertiary/aromatic N) is 1. The second-order valence-corrected chi connectivity index (χ2v) is 2.09. The maximum Gasteiger partial charge on any atom is 0.347 e. The standard InChI is InChI=1S/C6H9N3O3/c10-4-3-8-9-5(11)1-2-7-6(9)12/h1-2,8,10H,3-4H2,(H,7,12). The van der Waals surface area contributed by atoms with Gasteiger partial charge in [0.2, 0.25) is 0 Å². The highest BCUT2D eigenvalue weighted by atomic mass is 16.3. The van der Waals surface area contributed by atoms with Crippen LogP contribution in [0, 0.1) is 0 Å². The van der Waals surface area contributed by atoms with Crippen molar-refractivity contribution in [3.63, 3.8) is 0 Å². The van der Waals surface area contributed by atoms with Crippen molar-refractivity contribution in [2.24, 2.45) is 0 Å². The van der Waals surface area contributed by atoms with Crippen molar-refractivity contribution in [1.29, 1.82) is 0 Å². The lowest BCUT2D eigenvalue weighted by Gasteiger charge is -2.03. The molecule has 66 valence electrons. The molecule has 1 heterocycles. The van der Waals surface area contributed by atoms with Gasteiger partial charge in [0.15, 0.2) is 0 Å². The van der Waals surface area contributed by atoms with Gasteiger partial charge < -0.3 is 15.5 Å². The molecule has 0 aliphatic heterocycles. The third-order valence-electron chi connectivity index (χ3n) is 1.24. The Labute approximate surface area is 67.4 Å². The molecular weight excluding hydrogens is 162 g/mol. The molecule has 0 spiro atoms. The van der Waals surface area contributed by atoms with Crippen LogP contribution >= 0.6 is 0 Å². The summed E-state index contributed by atoms with van der Waals surface area (Å²) in [5.74, 6) is 0. The highest BCUT2D eigenvalue weighted by Gasteiger charge is 1.96. The van der Waals surface area contributed by atoms with Crippen molar-refractivity contribution >= 4 is 0 Å². The first-order chi connectivity index (χ1) is 5.75. The van der Waals surface area contributed by atoms with Crippen LogP contribution in [0.3, 0.4) is 0 Å². The van der Waals surface area contributed by atoms with Crippen molar-refractivity contribution in [2.45, 2.75) is 0 Å². The molecule has 1 rings (SSSR count). The van der Waals surface area contributed by atoms with Crippen LogP contribution in [0.15, 0.2) is 21.9 Å². The van der Waals surface area contributed by atoms with Crippen molar-refractivity contribution in [3.05, 3.63) is 33.1 Å². The van der Waals surface area contributed by atoms with E-state index >= 15 is 0 Å². The Morgan fingerprint density at radius 1 is 1.58 bits per heavy atom. The molecule has 0 bridgehead atoms. The third-order valence-corrected chi connectivity index (χ3v) is 1.24. The SMILES string of the molecule is O=c1cc[nH]c(=O)n1NCCO. The van der Waals surface area contributed by atoms with Crippen molar-refractivity contribution in [3.8, 4) is 0 Å². The Balaban J connectivity index is 2.97. The highest BCUT2D eigenvalue weighted by Crippen LogP contribution is 1.63. The second-order valence-electron chi connectivity index (χ2n) is 2.09. The topological polar surface area (TPSA) is 87.1 Å². The first kappa shape index (κ1) is 8.54. The number of aliphatic hydroxyl groups is 1. The zero-order chi connectivity index (χ0) is 8.97. The molecule has 0 aliphatic rings. The second kappa shape index (κ2) is 3.72. The van der Waals surface area contributed by atoms with Crippen LogP contribution in [-0.2, 0) is 0 Å². The predicted molar refractivity (Wildman–Crippen MR) is 42.6 cm³/mol. The fourth-order valence-electron chi connectivity index (χ4n) is 0.735. The number of nitrogens with one attached hydrogen (secondary N) is 2. The Bertz CT molecular complexity index is 325. The molecule has 0 saturated heterocycles. The van der Waals surface area contributed by atoms with Gasteiger partial charge in [0.25, 0.3) is 5.56 Å². The molecule has 0 fully saturated rings. The quantitative estimate of drug-likeness (QED) is 0.494. The summed E-state index contributed by atoms with van der Waals surface area (Å²) < 4.78 is 0.802. The van der Waals surface area contributed by atoms with Gasteiger partial charge in [-0.25, -0.2) is 4.79 Å². The van der Waals surface area contributed by atoms with Gasteiger partial charge in [-0.2, -0.15) is 4.68 Å². The predicted octanol–water partition coefficient (Wildman–Crippen LogP) is -1.93. The molecule has 12 heavy (non-hydrogen) atoms.